The van der Waals surface area contributed by atoms with E-state index in [1.165, 1.54) is 11.6 Å². The summed E-state index contributed by atoms with van der Waals surface area (Å²) in [6.45, 7) is 2.18. The van der Waals surface area contributed by atoms with Gasteiger partial charge in [0, 0.05) is 32.3 Å². The van der Waals surface area contributed by atoms with Crippen LogP contribution in [-0.2, 0) is 17.7 Å². The average molecular weight is 489 g/mol. The Morgan fingerprint density at radius 2 is 1.81 bits per heavy atom. The Labute approximate surface area is 176 Å². The predicted octanol–water partition coefficient (Wildman–Crippen LogP) is 3.90. The molecule has 148 valence electrons. The summed E-state index contributed by atoms with van der Waals surface area (Å²) in [5.74, 6) is -0.363. The van der Waals surface area contributed by atoms with E-state index in [1.54, 1.807) is 7.05 Å². The second-order valence-electron chi connectivity index (χ2n) is 5.79. The van der Waals surface area contributed by atoms with Gasteiger partial charge in [-0.15, -0.1) is 24.0 Å². The van der Waals surface area contributed by atoms with E-state index < -0.39 is 11.6 Å². The molecule has 0 aromatic heterocycles. The van der Waals surface area contributed by atoms with Crippen molar-refractivity contribution >= 4 is 29.9 Å². The minimum absolute atomic E-state index is 0. The Balaban J connectivity index is 0.00000364. The Morgan fingerprint density at radius 1 is 1.04 bits per heavy atom. The molecule has 0 fully saturated rings. The van der Waals surface area contributed by atoms with Crippen LogP contribution < -0.4 is 10.6 Å². The number of hydrogen-bond acceptors (Lipinski definition) is 2. The molecule has 0 aliphatic heterocycles. The number of nitrogens with one attached hydrogen (secondary N) is 2. The monoisotopic (exact) mass is 489 g/mol. The van der Waals surface area contributed by atoms with Crippen LogP contribution in [0.5, 0.6) is 0 Å². The molecule has 0 saturated carbocycles. The van der Waals surface area contributed by atoms with Crippen LogP contribution in [0.15, 0.2) is 53.5 Å². The third kappa shape index (κ3) is 9.14. The van der Waals surface area contributed by atoms with E-state index in [4.69, 9.17) is 4.74 Å². The van der Waals surface area contributed by atoms with Crippen LogP contribution in [0, 0.1) is 11.6 Å². The van der Waals surface area contributed by atoms with Crippen molar-refractivity contribution in [3.8, 4) is 0 Å². The minimum atomic E-state index is -0.459. The summed E-state index contributed by atoms with van der Waals surface area (Å²) in [5.41, 5.74) is 1.53. The fraction of sp³-hybridized carbons (Fsp3) is 0.350. The number of halogens is 3. The van der Waals surface area contributed by atoms with Gasteiger partial charge >= 0.3 is 0 Å². The van der Waals surface area contributed by atoms with Crippen LogP contribution in [0.25, 0.3) is 0 Å². The first-order valence-electron chi connectivity index (χ1n) is 8.69. The number of guanidine groups is 1. The summed E-state index contributed by atoms with van der Waals surface area (Å²) >= 11 is 0. The highest BCUT2D eigenvalue weighted by Gasteiger charge is 2.05. The topological polar surface area (TPSA) is 45.7 Å². The quantitative estimate of drug-likeness (QED) is 0.243. The molecule has 2 N–H and O–H groups in total. The largest absolute Gasteiger partial charge is 0.381 e. The Morgan fingerprint density at radius 3 is 2.56 bits per heavy atom. The maximum absolute atomic E-state index is 13.6. The summed E-state index contributed by atoms with van der Waals surface area (Å²) in [4.78, 5) is 4.07. The normalized spacial score (nSPS) is 11.0. The fourth-order valence-electron chi connectivity index (χ4n) is 2.40. The molecule has 0 unspecified atom stereocenters. The van der Waals surface area contributed by atoms with Crippen molar-refractivity contribution in [1.29, 1.82) is 0 Å². The Kier molecular flexibility index (Phi) is 11.6. The number of ether oxygens (including phenoxy) is 1. The van der Waals surface area contributed by atoms with Gasteiger partial charge in [-0.2, -0.15) is 0 Å². The van der Waals surface area contributed by atoms with Crippen LogP contribution in [0.3, 0.4) is 0 Å². The molecule has 0 aliphatic rings. The summed E-state index contributed by atoms with van der Waals surface area (Å²) in [5, 5.41) is 6.09. The predicted molar refractivity (Wildman–Crippen MR) is 116 cm³/mol. The molecular weight excluding hydrogens is 463 g/mol. The third-order valence-electron chi connectivity index (χ3n) is 3.81. The summed E-state index contributed by atoms with van der Waals surface area (Å²) in [7, 11) is 1.63. The fourth-order valence-corrected chi connectivity index (χ4v) is 2.40. The Bertz CT molecular complexity index is 699. The summed E-state index contributed by atoms with van der Waals surface area (Å²) < 4.78 is 32.4. The SMILES string of the molecule is CN=C(NCCCOCCc1ccccc1)NCc1cc(F)ccc1F.I. The number of nitrogens with zero attached hydrogens (tertiary/aromatic N) is 1. The van der Waals surface area contributed by atoms with Crippen LogP contribution in [-0.4, -0.2) is 32.8 Å². The van der Waals surface area contributed by atoms with Crippen molar-refractivity contribution < 1.29 is 13.5 Å². The maximum atomic E-state index is 13.6. The molecule has 0 radical (unpaired) electrons. The summed E-state index contributed by atoms with van der Waals surface area (Å²) in [6, 6.07) is 13.6. The lowest BCUT2D eigenvalue weighted by atomic mass is 10.2. The number of hydrogen-bond donors (Lipinski definition) is 2. The molecule has 0 amide bonds. The first-order chi connectivity index (χ1) is 12.7. The highest BCUT2D eigenvalue weighted by molar-refractivity contribution is 14.0. The molecule has 0 spiro atoms. The van der Waals surface area contributed by atoms with Crippen molar-refractivity contribution in [1.82, 2.24) is 10.6 Å². The van der Waals surface area contributed by atoms with Gasteiger partial charge in [-0.05, 0) is 36.6 Å². The van der Waals surface area contributed by atoms with Crippen LogP contribution in [0.4, 0.5) is 8.78 Å². The minimum Gasteiger partial charge on any atom is -0.381 e. The lowest BCUT2D eigenvalue weighted by Gasteiger charge is -2.12. The maximum Gasteiger partial charge on any atom is 0.191 e. The number of aliphatic imine (C=N–C) groups is 1. The lowest BCUT2D eigenvalue weighted by Crippen LogP contribution is -2.37. The van der Waals surface area contributed by atoms with Gasteiger partial charge in [-0.1, -0.05) is 30.3 Å². The van der Waals surface area contributed by atoms with E-state index in [0.717, 1.165) is 25.0 Å². The van der Waals surface area contributed by atoms with Gasteiger partial charge in [-0.25, -0.2) is 8.78 Å². The van der Waals surface area contributed by atoms with Crippen molar-refractivity contribution in [2.24, 2.45) is 4.99 Å². The molecule has 0 bridgehead atoms. The van der Waals surface area contributed by atoms with Crippen molar-refractivity contribution in [2.75, 3.05) is 26.8 Å². The molecule has 0 atom stereocenters. The van der Waals surface area contributed by atoms with E-state index in [-0.39, 0.29) is 36.1 Å². The van der Waals surface area contributed by atoms with Gasteiger partial charge in [0.1, 0.15) is 11.6 Å². The van der Waals surface area contributed by atoms with Crippen molar-refractivity contribution in [3.63, 3.8) is 0 Å². The van der Waals surface area contributed by atoms with Crippen molar-refractivity contribution in [3.05, 3.63) is 71.3 Å². The van der Waals surface area contributed by atoms with E-state index in [2.05, 4.69) is 27.8 Å². The molecular formula is C20H26F2IN3O. The lowest BCUT2D eigenvalue weighted by molar-refractivity contribution is 0.135. The first kappa shape index (κ1) is 23.3. The molecule has 0 aliphatic carbocycles. The third-order valence-corrected chi connectivity index (χ3v) is 3.81. The molecule has 2 rings (SSSR count). The zero-order valence-electron chi connectivity index (χ0n) is 15.4. The van der Waals surface area contributed by atoms with Gasteiger partial charge in [0.2, 0.25) is 0 Å². The molecule has 2 aromatic rings. The van der Waals surface area contributed by atoms with E-state index in [9.17, 15) is 8.78 Å². The highest BCUT2D eigenvalue weighted by atomic mass is 127. The van der Waals surface area contributed by atoms with E-state index in [1.807, 2.05) is 18.2 Å². The van der Waals surface area contributed by atoms with Crippen molar-refractivity contribution in [2.45, 2.75) is 19.4 Å². The zero-order chi connectivity index (χ0) is 18.6. The number of benzene rings is 2. The zero-order valence-corrected chi connectivity index (χ0v) is 17.7. The van der Waals surface area contributed by atoms with Crippen LogP contribution >= 0.6 is 24.0 Å². The summed E-state index contributed by atoms with van der Waals surface area (Å²) in [6.07, 6.45) is 1.72. The van der Waals surface area contributed by atoms with Gasteiger partial charge < -0.3 is 15.4 Å². The van der Waals surface area contributed by atoms with Crippen LogP contribution in [0.2, 0.25) is 0 Å². The molecule has 0 saturated heterocycles. The molecule has 4 nitrogen and oxygen atoms in total. The highest BCUT2D eigenvalue weighted by Crippen LogP contribution is 2.09. The van der Waals surface area contributed by atoms with Gasteiger partial charge in [0.15, 0.2) is 5.96 Å². The standard InChI is InChI=1S/C20H25F2N3O.HI/c1-23-20(25-15-17-14-18(21)8-9-19(17)22)24-11-5-12-26-13-10-16-6-3-2-4-7-16;/h2-4,6-9,14H,5,10-13,15H2,1H3,(H2,23,24,25);1H. The smallest absolute Gasteiger partial charge is 0.191 e. The van der Waals surface area contributed by atoms with E-state index in [0.29, 0.717) is 25.7 Å². The molecule has 27 heavy (non-hydrogen) atoms. The molecule has 7 heteroatoms. The molecule has 0 heterocycles. The second kappa shape index (κ2) is 13.4. The number of rotatable bonds is 9. The van der Waals surface area contributed by atoms with E-state index >= 15 is 0 Å². The van der Waals surface area contributed by atoms with Gasteiger partial charge in [0.25, 0.3) is 0 Å². The van der Waals surface area contributed by atoms with Crippen LogP contribution in [0.1, 0.15) is 17.5 Å². The van der Waals surface area contributed by atoms with Gasteiger partial charge in [0.05, 0.1) is 6.61 Å². The first-order valence-corrected chi connectivity index (χ1v) is 8.69. The molecule has 2 aromatic carbocycles. The average Bonchev–Trinajstić information content (AvgIpc) is 2.66. The Hall–Kier alpha value is -1.74. The second-order valence-corrected chi connectivity index (χ2v) is 5.79. The van der Waals surface area contributed by atoms with Gasteiger partial charge in [-0.3, -0.25) is 4.99 Å².